The monoisotopic (exact) mass is 407 g/mol. The Hall–Kier alpha value is -1.31. The quantitative estimate of drug-likeness (QED) is 0.399. The number of benzene rings is 2. The van der Waals surface area contributed by atoms with Crippen LogP contribution in [0.2, 0.25) is 0 Å². The van der Waals surface area contributed by atoms with Crippen LogP contribution >= 0.6 is 0 Å². The van der Waals surface area contributed by atoms with Crippen molar-refractivity contribution in [2.45, 2.75) is 11.8 Å². The molecule has 0 bridgehead atoms. The Morgan fingerprint density at radius 3 is 2.14 bits per heavy atom. The Morgan fingerprint density at radius 2 is 1.43 bits per heavy atom. The van der Waals surface area contributed by atoms with E-state index in [0.29, 0.717) is 39.6 Å². The van der Waals surface area contributed by atoms with Gasteiger partial charge in [-0.15, -0.1) is 0 Å². The lowest BCUT2D eigenvalue weighted by Gasteiger charge is -2.17. The minimum Gasteiger partial charge on any atom is -0.491 e. The van der Waals surface area contributed by atoms with Gasteiger partial charge in [-0.1, -0.05) is 18.2 Å². The van der Waals surface area contributed by atoms with E-state index < -0.39 is 0 Å². The van der Waals surface area contributed by atoms with Crippen LogP contribution in [0.25, 0.3) is 10.8 Å². The van der Waals surface area contributed by atoms with Gasteiger partial charge in [0, 0.05) is 28.3 Å². The van der Waals surface area contributed by atoms with Crippen molar-refractivity contribution in [1.29, 1.82) is 0 Å². The van der Waals surface area contributed by atoms with Crippen LogP contribution in [0.4, 0.5) is 0 Å². The van der Waals surface area contributed by atoms with Gasteiger partial charge in [-0.3, -0.25) is 0 Å². The fourth-order valence-corrected chi connectivity index (χ4v) is 5.19. The summed E-state index contributed by atoms with van der Waals surface area (Å²) in [5.74, 6) is 3.16. The highest BCUT2D eigenvalue weighted by atomic mass is 32.2. The van der Waals surface area contributed by atoms with Crippen LogP contribution in [0.15, 0.2) is 41.3 Å². The highest BCUT2D eigenvalue weighted by Crippen LogP contribution is 2.33. The lowest BCUT2D eigenvalue weighted by Crippen LogP contribution is -2.26. The van der Waals surface area contributed by atoms with Crippen LogP contribution in [0.1, 0.15) is 6.92 Å². The third kappa shape index (κ3) is 6.36. The van der Waals surface area contributed by atoms with Crippen LogP contribution in [0, 0.1) is 0 Å². The normalized spacial score (nSPS) is 15.2. The van der Waals surface area contributed by atoms with E-state index in [0.717, 1.165) is 37.1 Å². The summed E-state index contributed by atoms with van der Waals surface area (Å²) in [6.07, 6.45) is 0. The van der Waals surface area contributed by atoms with E-state index in [2.05, 4.69) is 36.4 Å². The van der Waals surface area contributed by atoms with E-state index >= 15 is 0 Å². The molecular formula is C22H31O5S+. The van der Waals surface area contributed by atoms with Gasteiger partial charge in [-0.25, -0.2) is 0 Å². The van der Waals surface area contributed by atoms with Crippen molar-refractivity contribution in [1.82, 2.24) is 0 Å². The first-order valence-corrected chi connectivity index (χ1v) is 11.6. The van der Waals surface area contributed by atoms with Crippen molar-refractivity contribution >= 4 is 21.7 Å². The summed E-state index contributed by atoms with van der Waals surface area (Å²) >= 11 is 0. The number of fused-ring (bicyclic) bond motifs is 1. The molecular weight excluding hydrogens is 376 g/mol. The molecule has 1 aliphatic heterocycles. The summed E-state index contributed by atoms with van der Waals surface area (Å²) in [6.45, 7) is 7.90. The summed E-state index contributed by atoms with van der Waals surface area (Å²) in [6, 6.07) is 12.9. The molecule has 5 nitrogen and oxygen atoms in total. The smallest absolute Gasteiger partial charge is 0.163 e. The Bertz CT molecular complexity index is 702. The van der Waals surface area contributed by atoms with E-state index in [1.807, 2.05) is 6.92 Å². The molecule has 0 amide bonds. The molecule has 1 saturated heterocycles. The van der Waals surface area contributed by atoms with Gasteiger partial charge in [0.25, 0.3) is 0 Å². The summed E-state index contributed by atoms with van der Waals surface area (Å²) in [5, 5.41) is 2.48. The molecule has 6 heteroatoms. The number of ether oxygens (including phenoxy) is 5. The standard InChI is InChI=1S/C22H31O5S/c1-2-23-9-10-24-11-12-25-13-14-27-21-7-8-22(28-17-15-26-16-18-28)20-6-4-3-5-19(20)21/h3-8H,2,9-18H2,1H3/q+1. The Balaban J connectivity index is 1.46. The minimum absolute atomic E-state index is 0.266. The van der Waals surface area contributed by atoms with Crippen molar-refractivity contribution in [2.24, 2.45) is 0 Å². The van der Waals surface area contributed by atoms with Gasteiger partial charge in [0.1, 0.15) is 23.9 Å². The van der Waals surface area contributed by atoms with Gasteiger partial charge >= 0.3 is 0 Å². The fraction of sp³-hybridized carbons (Fsp3) is 0.545. The lowest BCUT2D eigenvalue weighted by molar-refractivity contribution is 0.0115. The van der Waals surface area contributed by atoms with Crippen LogP contribution in [0.5, 0.6) is 5.75 Å². The number of rotatable bonds is 12. The second-order valence-electron chi connectivity index (χ2n) is 6.39. The van der Waals surface area contributed by atoms with Crippen molar-refractivity contribution in [3.8, 4) is 5.75 Å². The van der Waals surface area contributed by atoms with Gasteiger partial charge in [0.05, 0.1) is 46.2 Å². The summed E-state index contributed by atoms with van der Waals surface area (Å²) in [7, 11) is 0.266. The third-order valence-electron chi connectivity index (χ3n) is 4.54. The molecule has 0 aromatic heterocycles. The fourth-order valence-electron chi connectivity index (χ4n) is 3.16. The zero-order valence-electron chi connectivity index (χ0n) is 16.7. The van der Waals surface area contributed by atoms with Gasteiger partial charge in [-0.05, 0) is 25.1 Å². The molecule has 0 atom stereocenters. The Labute approximate surface area is 170 Å². The molecule has 2 aromatic carbocycles. The lowest BCUT2D eigenvalue weighted by atomic mass is 10.1. The average Bonchev–Trinajstić information content (AvgIpc) is 2.75. The molecule has 1 heterocycles. The summed E-state index contributed by atoms with van der Waals surface area (Å²) in [4.78, 5) is 1.44. The first-order chi connectivity index (χ1) is 13.9. The third-order valence-corrected chi connectivity index (χ3v) is 6.83. The van der Waals surface area contributed by atoms with Gasteiger partial charge in [0.15, 0.2) is 4.90 Å². The molecule has 3 rings (SSSR count). The summed E-state index contributed by atoms with van der Waals surface area (Å²) in [5.41, 5.74) is 0. The number of hydrogen-bond acceptors (Lipinski definition) is 5. The van der Waals surface area contributed by atoms with Crippen LogP contribution in [-0.4, -0.2) is 71.0 Å². The molecule has 1 fully saturated rings. The van der Waals surface area contributed by atoms with Crippen LogP contribution in [-0.2, 0) is 29.8 Å². The van der Waals surface area contributed by atoms with Crippen molar-refractivity contribution in [3.63, 3.8) is 0 Å². The maximum Gasteiger partial charge on any atom is 0.163 e. The molecule has 1 aliphatic rings. The minimum atomic E-state index is 0.266. The maximum atomic E-state index is 6.01. The Morgan fingerprint density at radius 1 is 0.786 bits per heavy atom. The van der Waals surface area contributed by atoms with Gasteiger partial charge in [0.2, 0.25) is 0 Å². The molecule has 154 valence electrons. The molecule has 0 saturated carbocycles. The van der Waals surface area contributed by atoms with Crippen molar-refractivity contribution < 1.29 is 23.7 Å². The van der Waals surface area contributed by atoms with E-state index in [1.165, 1.54) is 15.7 Å². The highest BCUT2D eigenvalue weighted by Gasteiger charge is 2.27. The first kappa shape index (κ1) is 21.4. The second kappa shape index (κ2) is 12.3. The predicted molar refractivity (Wildman–Crippen MR) is 114 cm³/mol. The molecule has 0 radical (unpaired) electrons. The van der Waals surface area contributed by atoms with Crippen LogP contribution < -0.4 is 4.74 Å². The molecule has 0 N–H and O–H groups in total. The molecule has 28 heavy (non-hydrogen) atoms. The molecule has 0 aliphatic carbocycles. The van der Waals surface area contributed by atoms with Crippen molar-refractivity contribution in [3.05, 3.63) is 36.4 Å². The molecule has 0 spiro atoms. The predicted octanol–water partition coefficient (Wildman–Crippen LogP) is 3.30. The topological polar surface area (TPSA) is 46.2 Å². The van der Waals surface area contributed by atoms with Gasteiger partial charge < -0.3 is 23.7 Å². The Kier molecular flexibility index (Phi) is 9.40. The zero-order chi connectivity index (χ0) is 19.4. The summed E-state index contributed by atoms with van der Waals surface area (Å²) < 4.78 is 27.8. The highest BCUT2D eigenvalue weighted by molar-refractivity contribution is 7.97. The second-order valence-corrected chi connectivity index (χ2v) is 8.63. The molecule has 0 unspecified atom stereocenters. The zero-order valence-corrected chi connectivity index (χ0v) is 17.5. The SMILES string of the molecule is CCOCCOCCOCCOc1ccc([S+]2CCOCC2)c2ccccc12. The van der Waals surface area contributed by atoms with Crippen molar-refractivity contribution in [2.75, 3.05) is 71.0 Å². The van der Waals surface area contributed by atoms with Gasteiger partial charge in [-0.2, -0.15) is 0 Å². The van der Waals surface area contributed by atoms with E-state index in [4.69, 9.17) is 23.7 Å². The van der Waals surface area contributed by atoms with E-state index in [1.54, 1.807) is 0 Å². The first-order valence-electron chi connectivity index (χ1n) is 10.0. The van der Waals surface area contributed by atoms with E-state index in [9.17, 15) is 0 Å². The largest absolute Gasteiger partial charge is 0.491 e. The van der Waals surface area contributed by atoms with Crippen LogP contribution in [0.3, 0.4) is 0 Å². The average molecular weight is 408 g/mol. The number of hydrogen-bond donors (Lipinski definition) is 0. The molecule has 2 aromatic rings. The van der Waals surface area contributed by atoms with E-state index in [-0.39, 0.29) is 10.9 Å². The maximum absolute atomic E-state index is 6.01.